The monoisotopic (exact) mass is 394 g/mol. The number of hydrogen-bond donors (Lipinski definition) is 1. The number of hydrogen-bond acceptors (Lipinski definition) is 6. The second kappa shape index (κ2) is 6.79. The fourth-order valence-corrected chi connectivity index (χ4v) is 4.64. The van der Waals surface area contributed by atoms with Gasteiger partial charge in [-0.1, -0.05) is 30.3 Å². The van der Waals surface area contributed by atoms with E-state index in [1.807, 2.05) is 41.4 Å². The Hall–Kier alpha value is -3.03. The number of hydrazone groups is 1. The van der Waals surface area contributed by atoms with Crippen LogP contribution in [0.3, 0.4) is 0 Å². The van der Waals surface area contributed by atoms with Crippen LogP contribution >= 0.6 is 0 Å². The van der Waals surface area contributed by atoms with Crippen LogP contribution in [0.25, 0.3) is 0 Å². The van der Waals surface area contributed by atoms with Gasteiger partial charge in [-0.25, -0.2) is 14.4 Å². The highest BCUT2D eigenvalue weighted by atomic mass is 19.1. The van der Waals surface area contributed by atoms with E-state index in [0.717, 1.165) is 31.0 Å². The number of carbonyl (C=O) groups excluding carboxylic acids is 1. The van der Waals surface area contributed by atoms with Crippen LogP contribution in [0, 0.1) is 17.2 Å². The number of aromatic nitrogens is 2. The lowest BCUT2D eigenvalue weighted by Gasteiger charge is -2.40. The highest BCUT2D eigenvalue weighted by Gasteiger charge is 2.57. The molecular formula is C21H23FN6O. The Kier molecular flexibility index (Phi) is 4.22. The second-order valence-corrected chi connectivity index (χ2v) is 8.17. The van der Waals surface area contributed by atoms with Gasteiger partial charge in [-0.3, -0.25) is 4.79 Å². The van der Waals surface area contributed by atoms with E-state index in [0.29, 0.717) is 25.5 Å². The van der Waals surface area contributed by atoms with Crippen LogP contribution < -0.4 is 10.6 Å². The van der Waals surface area contributed by atoms with E-state index in [2.05, 4.69) is 15.1 Å². The van der Waals surface area contributed by atoms with Gasteiger partial charge in [0.05, 0.1) is 12.2 Å². The number of amides is 1. The Labute approximate surface area is 168 Å². The maximum absolute atomic E-state index is 13.5. The molecule has 1 saturated carbocycles. The fraction of sp³-hybridized carbons (Fsp3) is 0.429. The first-order valence-corrected chi connectivity index (χ1v) is 10.0. The minimum atomic E-state index is -0.612. The second-order valence-electron chi connectivity index (χ2n) is 8.17. The van der Waals surface area contributed by atoms with E-state index in [4.69, 9.17) is 5.73 Å². The van der Waals surface area contributed by atoms with Crippen molar-refractivity contribution in [1.29, 1.82) is 0 Å². The van der Waals surface area contributed by atoms with Crippen molar-refractivity contribution in [2.24, 2.45) is 16.4 Å². The van der Waals surface area contributed by atoms with Crippen LogP contribution in [0.2, 0.25) is 0 Å². The fourth-order valence-electron chi connectivity index (χ4n) is 4.64. The molecule has 29 heavy (non-hydrogen) atoms. The zero-order chi connectivity index (χ0) is 20.0. The van der Waals surface area contributed by atoms with E-state index in [-0.39, 0.29) is 29.1 Å². The number of nitrogens with zero attached hydrogens (tertiary/aromatic N) is 5. The van der Waals surface area contributed by atoms with E-state index >= 15 is 0 Å². The van der Waals surface area contributed by atoms with Crippen LogP contribution in [0.15, 0.2) is 41.6 Å². The van der Waals surface area contributed by atoms with E-state index in [1.165, 1.54) is 0 Å². The Morgan fingerprint density at radius 2 is 2.03 bits per heavy atom. The quantitative estimate of drug-likeness (QED) is 0.865. The molecule has 1 aromatic carbocycles. The summed E-state index contributed by atoms with van der Waals surface area (Å²) < 4.78 is 13.4. The summed E-state index contributed by atoms with van der Waals surface area (Å²) in [4.78, 5) is 23.7. The summed E-state index contributed by atoms with van der Waals surface area (Å²) in [6.45, 7) is 1.32. The van der Waals surface area contributed by atoms with Gasteiger partial charge in [-0.2, -0.15) is 10.1 Å². The number of nitrogen functional groups attached to an aromatic ring is 1. The van der Waals surface area contributed by atoms with E-state index < -0.39 is 5.82 Å². The topological polar surface area (TPSA) is 87.7 Å². The Morgan fingerprint density at radius 1 is 1.24 bits per heavy atom. The third-order valence-electron chi connectivity index (χ3n) is 6.40. The molecule has 2 atom stereocenters. The van der Waals surface area contributed by atoms with Gasteiger partial charge in [0.25, 0.3) is 0 Å². The van der Waals surface area contributed by atoms with Crippen molar-refractivity contribution in [2.75, 3.05) is 23.7 Å². The van der Waals surface area contributed by atoms with Gasteiger partial charge < -0.3 is 10.6 Å². The van der Waals surface area contributed by atoms with Crippen LogP contribution in [0.5, 0.6) is 0 Å². The van der Waals surface area contributed by atoms with Crippen molar-refractivity contribution in [1.82, 2.24) is 15.0 Å². The molecule has 8 heteroatoms. The Balaban J connectivity index is 1.34. The van der Waals surface area contributed by atoms with Gasteiger partial charge in [0.1, 0.15) is 0 Å². The summed E-state index contributed by atoms with van der Waals surface area (Å²) in [6, 6.07) is 10.0. The molecule has 2 aliphatic heterocycles. The van der Waals surface area contributed by atoms with Gasteiger partial charge >= 0.3 is 0 Å². The Morgan fingerprint density at radius 3 is 2.76 bits per heavy atom. The standard InChI is InChI=1S/C21H23FN6O/c22-16-12-24-20(26-18(16)23)27-11-7-15(21(13-27)8-9-21)19(29)28-17(6-10-25-28)14-4-2-1-3-5-14/h1-5,10,12,15,17H,6-9,11,13H2,(H2,23,24,26). The largest absolute Gasteiger partial charge is 0.381 e. The zero-order valence-electron chi connectivity index (χ0n) is 16.0. The minimum absolute atomic E-state index is 0.0299. The molecular weight excluding hydrogens is 371 g/mol. The summed E-state index contributed by atoms with van der Waals surface area (Å²) in [7, 11) is 0. The van der Waals surface area contributed by atoms with Gasteiger partial charge in [0.15, 0.2) is 11.6 Å². The lowest BCUT2D eigenvalue weighted by atomic mass is 9.81. The molecule has 150 valence electrons. The third kappa shape index (κ3) is 3.12. The van der Waals surface area contributed by atoms with Crippen LogP contribution in [0.1, 0.15) is 37.3 Å². The lowest BCUT2D eigenvalue weighted by Crippen LogP contribution is -2.48. The molecule has 3 aliphatic rings. The third-order valence-corrected chi connectivity index (χ3v) is 6.40. The highest BCUT2D eigenvalue weighted by Crippen LogP contribution is 2.57. The average Bonchev–Trinajstić information content (AvgIpc) is 3.32. The van der Waals surface area contributed by atoms with Crippen molar-refractivity contribution in [2.45, 2.75) is 31.7 Å². The number of halogens is 1. The molecule has 2 fully saturated rings. The molecule has 2 aromatic rings. The van der Waals surface area contributed by atoms with Gasteiger partial charge in [-0.15, -0.1) is 0 Å². The van der Waals surface area contributed by atoms with Gasteiger partial charge in [0, 0.05) is 31.6 Å². The normalized spacial score (nSPS) is 24.9. The lowest BCUT2D eigenvalue weighted by molar-refractivity contribution is -0.140. The van der Waals surface area contributed by atoms with Gasteiger partial charge in [0.2, 0.25) is 11.9 Å². The predicted octanol–water partition coefficient (Wildman–Crippen LogP) is 2.76. The van der Waals surface area contributed by atoms with Crippen LogP contribution in [-0.2, 0) is 4.79 Å². The number of nitrogens with two attached hydrogens (primary N) is 1. The molecule has 1 aliphatic carbocycles. The molecule has 5 rings (SSSR count). The molecule has 7 nitrogen and oxygen atoms in total. The smallest absolute Gasteiger partial charge is 0.247 e. The van der Waals surface area contributed by atoms with E-state index in [9.17, 15) is 9.18 Å². The van der Waals surface area contributed by atoms with Gasteiger partial charge in [-0.05, 0) is 30.2 Å². The van der Waals surface area contributed by atoms with Crippen molar-refractivity contribution >= 4 is 23.9 Å². The number of benzene rings is 1. The number of carbonyl (C=O) groups is 1. The summed E-state index contributed by atoms with van der Waals surface area (Å²) in [6.07, 6.45) is 6.36. The number of rotatable bonds is 3. The van der Waals surface area contributed by atoms with Crippen molar-refractivity contribution in [3.8, 4) is 0 Å². The first kappa shape index (κ1) is 18.0. The molecule has 3 heterocycles. The zero-order valence-corrected chi connectivity index (χ0v) is 16.0. The summed E-state index contributed by atoms with van der Waals surface area (Å²) >= 11 is 0. The maximum Gasteiger partial charge on any atom is 0.247 e. The molecule has 2 unspecified atom stereocenters. The van der Waals surface area contributed by atoms with Crippen molar-refractivity contribution in [3.63, 3.8) is 0 Å². The minimum Gasteiger partial charge on any atom is -0.381 e. The van der Waals surface area contributed by atoms with Crippen molar-refractivity contribution in [3.05, 3.63) is 47.9 Å². The first-order chi connectivity index (χ1) is 14.1. The molecule has 1 saturated heterocycles. The molecule has 1 amide bonds. The molecule has 1 aromatic heterocycles. The first-order valence-electron chi connectivity index (χ1n) is 10.0. The molecule has 2 N–H and O–H groups in total. The molecule has 0 bridgehead atoms. The SMILES string of the molecule is Nc1nc(N2CCC(C(=O)N3N=CCC3c3ccccc3)C3(CC3)C2)ncc1F. The highest BCUT2D eigenvalue weighted by molar-refractivity contribution is 5.83. The molecule has 0 radical (unpaired) electrons. The van der Waals surface area contributed by atoms with Crippen molar-refractivity contribution < 1.29 is 9.18 Å². The predicted molar refractivity (Wildman–Crippen MR) is 108 cm³/mol. The maximum atomic E-state index is 13.5. The van der Waals surface area contributed by atoms with Crippen LogP contribution in [0.4, 0.5) is 16.2 Å². The number of piperidine rings is 1. The number of anilines is 2. The summed E-state index contributed by atoms with van der Waals surface area (Å²) in [5, 5.41) is 6.11. The van der Waals surface area contributed by atoms with E-state index in [1.54, 1.807) is 5.01 Å². The average molecular weight is 394 g/mol. The summed E-state index contributed by atoms with van der Waals surface area (Å²) in [5.41, 5.74) is 6.63. The molecule has 1 spiro atoms. The van der Waals surface area contributed by atoms with Crippen LogP contribution in [-0.4, -0.2) is 40.2 Å². The summed E-state index contributed by atoms with van der Waals surface area (Å²) in [5.74, 6) is -0.293. The Bertz CT molecular complexity index is 961.